The predicted molar refractivity (Wildman–Crippen MR) is 82.8 cm³/mol. The van der Waals surface area contributed by atoms with Gasteiger partial charge in [0.25, 0.3) is 0 Å². The maximum absolute atomic E-state index is 11.0. The van der Waals surface area contributed by atoms with E-state index < -0.39 is 10.0 Å². The number of aryl methyl sites for hydroxylation is 1. The SMILES string of the molecule is Cc1nc(SCCNS(C)(=O)=O)n(C2CCCC2)c1C. The standard InChI is InChI=1S/C13H23N3O2S2/c1-10-11(2)16(12-6-4-5-7-12)13(15-10)19-9-8-14-20(3,17)18/h12,14H,4-9H2,1-3H3. The van der Waals surface area contributed by atoms with Gasteiger partial charge in [0.05, 0.1) is 11.9 Å². The normalized spacial score (nSPS) is 16.9. The Morgan fingerprint density at radius 3 is 2.60 bits per heavy atom. The van der Waals surface area contributed by atoms with Crippen LogP contribution in [0.5, 0.6) is 0 Å². The van der Waals surface area contributed by atoms with Crippen LogP contribution in [0.2, 0.25) is 0 Å². The van der Waals surface area contributed by atoms with Crippen LogP contribution in [0.25, 0.3) is 0 Å². The van der Waals surface area contributed by atoms with Crippen molar-refractivity contribution in [1.29, 1.82) is 0 Å². The minimum absolute atomic E-state index is 0.444. The number of hydrogen-bond donors (Lipinski definition) is 1. The largest absolute Gasteiger partial charge is 0.320 e. The first-order valence-electron chi connectivity index (χ1n) is 7.01. The van der Waals surface area contributed by atoms with Crippen molar-refractivity contribution in [3.8, 4) is 0 Å². The summed E-state index contributed by atoms with van der Waals surface area (Å²) in [6.07, 6.45) is 6.23. The quantitative estimate of drug-likeness (QED) is 0.646. The lowest BCUT2D eigenvalue weighted by Crippen LogP contribution is -2.24. The van der Waals surface area contributed by atoms with Crippen LogP contribution in [0.1, 0.15) is 43.1 Å². The van der Waals surface area contributed by atoms with Crippen molar-refractivity contribution in [1.82, 2.24) is 14.3 Å². The molecule has 7 heteroatoms. The lowest BCUT2D eigenvalue weighted by molar-refractivity contribution is 0.471. The van der Waals surface area contributed by atoms with Crippen molar-refractivity contribution in [2.75, 3.05) is 18.6 Å². The third-order valence-electron chi connectivity index (χ3n) is 3.74. The molecule has 0 aliphatic heterocycles. The van der Waals surface area contributed by atoms with E-state index in [1.54, 1.807) is 11.8 Å². The number of sulfonamides is 1. The maximum atomic E-state index is 11.0. The van der Waals surface area contributed by atoms with Gasteiger partial charge in [0.2, 0.25) is 10.0 Å². The summed E-state index contributed by atoms with van der Waals surface area (Å²) in [7, 11) is -3.10. The zero-order valence-electron chi connectivity index (χ0n) is 12.3. The van der Waals surface area contributed by atoms with E-state index in [4.69, 9.17) is 0 Å². The van der Waals surface area contributed by atoms with Crippen LogP contribution < -0.4 is 4.72 Å². The van der Waals surface area contributed by atoms with Crippen LogP contribution in [0.4, 0.5) is 0 Å². The van der Waals surface area contributed by atoms with E-state index in [0.29, 0.717) is 18.3 Å². The average Bonchev–Trinajstić information content (AvgIpc) is 2.94. The Morgan fingerprint density at radius 1 is 1.35 bits per heavy atom. The molecule has 0 radical (unpaired) electrons. The summed E-state index contributed by atoms with van der Waals surface area (Å²) in [4.78, 5) is 4.64. The Balaban J connectivity index is 2.02. The second-order valence-corrected chi connectivity index (χ2v) is 8.28. The highest BCUT2D eigenvalue weighted by Gasteiger charge is 2.22. The second kappa shape index (κ2) is 6.49. The third-order valence-corrected chi connectivity index (χ3v) is 5.42. The van der Waals surface area contributed by atoms with E-state index >= 15 is 0 Å². The van der Waals surface area contributed by atoms with Crippen molar-refractivity contribution in [3.63, 3.8) is 0 Å². The molecule has 0 spiro atoms. The van der Waals surface area contributed by atoms with E-state index in [1.807, 2.05) is 6.92 Å². The number of nitrogens with zero attached hydrogens (tertiary/aromatic N) is 2. The first-order valence-corrected chi connectivity index (χ1v) is 9.89. The van der Waals surface area contributed by atoms with Crippen LogP contribution in [0.3, 0.4) is 0 Å². The molecule has 2 rings (SSSR count). The molecule has 1 saturated carbocycles. The van der Waals surface area contributed by atoms with Crippen LogP contribution >= 0.6 is 11.8 Å². The molecule has 5 nitrogen and oxygen atoms in total. The Kier molecular flexibility index (Phi) is 5.14. The molecule has 1 aromatic rings. The molecule has 1 aromatic heterocycles. The highest BCUT2D eigenvalue weighted by atomic mass is 32.2. The number of nitrogens with one attached hydrogen (secondary N) is 1. The fourth-order valence-electron chi connectivity index (χ4n) is 2.66. The molecule has 0 unspecified atom stereocenters. The van der Waals surface area contributed by atoms with E-state index in [0.717, 1.165) is 10.9 Å². The van der Waals surface area contributed by atoms with Crippen molar-refractivity contribution in [2.24, 2.45) is 0 Å². The van der Waals surface area contributed by atoms with Crippen LogP contribution in [0.15, 0.2) is 5.16 Å². The fourth-order valence-corrected chi connectivity index (χ4v) is 4.28. The topological polar surface area (TPSA) is 64.0 Å². The van der Waals surface area contributed by atoms with Gasteiger partial charge in [-0.1, -0.05) is 24.6 Å². The molecule has 20 heavy (non-hydrogen) atoms. The molecule has 0 saturated heterocycles. The minimum atomic E-state index is -3.10. The first-order chi connectivity index (χ1) is 9.38. The summed E-state index contributed by atoms with van der Waals surface area (Å²) in [5, 5.41) is 1.03. The number of thioether (sulfide) groups is 1. The van der Waals surface area contributed by atoms with Crippen molar-refractivity contribution in [3.05, 3.63) is 11.4 Å². The summed E-state index contributed by atoms with van der Waals surface area (Å²) in [6.45, 7) is 4.61. The average molecular weight is 317 g/mol. The first kappa shape index (κ1) is 15.9. The van der Waals surface area contributed by atoms with Gasteiger partial charge in [0.15, 0.2) is 5.16 Å². The van der Waals surface area contributed by atoms with E-state index in [9.17, 15) is 8.42 Å². The molecular weight excluding hydrogens is 294 g/mol. The number of aromatic nitrogens is 2. The monoisotopic (exact) mass is 317 g/mol. The Labute approximate surface area is 125 Å². The molecule has 1 aliphatic carbocycles. The fraction of sp³-hybridized carbons (Fsp3) is 0.769. The Hall–Kier alpha value is -0.530. The van der Waals surface area contributed by atoms with Crippen molar-refractivity contribution in [2.45, 2.75) is 50.7 Å². The lowest BCUT2D eigenvalue weighted by Gasteiger charge is -2.16. The smallest absolute Gasteiger partial charge is 0.208 e. The van der Waals surface area contributed by atoms with Gasteiger partial charge >= 0.3 is 0 Å². The number of hydrogen-bond acceptors (Lipinski definition) is 4. The zero-order valence-corrected chi connectivity index (χ0v) is 14.0. The van der Waals surface area contributed by atoms with Crippen molar-refractivity contribution >= 4 is 21.8 Å². The summed E-state index contributed by atoms with van der Waals surface area (Å²) in [6, 6.07) is 0.571. The lowest BCUT2D eigenvalue weighted by atomic mass is 10.2. The van der Waals surface area contributed by atoms with Gasteiger partial charge in [-0.2, -0.15) is 0 Å². The van der Waals surface area contributed by atoms with Crippen molar-refractivity contribution < 1.29 is 8.42 Å². The molecule has 1 aliphatic rings. The Morgan fingerprint density at radius 2 is 2.00 bits per heavy atom. The minimum Gasteiger partial charge on any atom is -0.320 e. The summed E-state index contributed by atoms with van der Waals surface area (Å²) >= 11 is 1.63. The van der Waals surface area contributed by atoms with Gasteiger partial charge in [0.1, 0.15) is 0 Å². The highest BCUT2D eigenvalue weighted by molar-refractivity contribution is 7.99. The molecule has 0 bridgehead atoms. The van der Waals surface area contributed by atoms with Crippen LogP contribution in [-0.4, -0.2) is 36.5 Å². The summed E-state index contributed by atoms with van der Waals surface area (Å²) in [5.74, 6) is 0.704. The number of rotatable bonds is 6. The molecule has 0 aromatic carbocycles. The molecule has 1 heterocycles. The van der Waals surface area contributed by atoms with Crippen LogP contribution in [0, 0.1) is 13.8 Å². The number of imidazole rings is 1. The summed E-state index contributed by atoms with van der Waals surface area (Å²) < 4.78 is 26.9. The molecule has 114 valence electrons. The molecule has 0 amide bonds. The van der Waals surface area contributed by atoms with Gasteiger partial charge in [-0.3, -0.25) is 0 Å². The predicted octanol–water partition coefficient (Wildman–Crippen LogP) is 2.26. The van der Waals surface area contributed by atoms with Crippen LogP contribution in [-0.2, 0) is 10.0 Å². The van der Waals surface area contributed by atoms with E-state index in [2.05, 4.69) is 21.2 Å². The van der Waals surface area contributed by atoms with Gasteiger partial charge in [-0.05, 0) is 26.7 Å². The van der Waals surface area contributed by atoms with Gasteiger partial charge in [0, 0.05) is 24.0 Å². The van der Waals surface area contributed by atoms with Gasteiger partial charge in [-0.25, -0.2) is 18.1 Å². The molecule has 0 atom stereocenters. The van der Waals surface area contributed by atoms with E-state index in [1.165, 1.54) is 37.6 Å². The molecular formula is C13H23N3O2S2. The highest BCUT2D eigenvalue weighted by Crippen LogP contribution is 2.35. The third kappa shape index (κ3) is 3.99. The molecule has 1 fully saturated rings. The Bertz CT molecular complexity index is 560. The van der Waals surface area contributed by atoms with E-state index in [-0.39, 0.29) is 0 Å². The van der Waals surface area contributed by atoms with Gasteiger partial charge < -0.3 is 4.57 Å². The zero-order chi connectivity index (χ0) is 14.8. The molecule has 1 N–H and O–H groups in total. The van der Waals surface area contributed by atoms with Gasteiger partial charge in [-0.15, -0.1) is 0 Å². The summed E-state index contributed by atoms with van der Waals surface area (Å²) in [5.41, 5.74) is 2.32. The second-order valence-electron chi connectivity index (χ2n) is 5.39. The maximum Gasteiger partial charge on any atom is 0.208 e.